The van der Waals surface area contributed by atoms with Gasteiger partial charge < -0.3 is 5.32 Å². The minimum atomic E-state index is -3.48. The Balaban J connectivity index is 2.25. The number of rotatable bonds is 6. The van der Waals surface area contributed by atoms with Gasteiger partial charge in [0, 0.05) is 25.8 Å². The highest BCUT2D eigenvalue weighted by atomic mass is 32.2. The average Bonchev–Trinajstić information content (AvgIpc) is 2.95. The molecule has 0 aromatic carbocycles. The third-order valence-corrected chi connectivity index (χ3v) is 5.57. The highest BCUT2D eigenvalue weighted by Gasteiger charge is 2.34. The standard InChI is InChI=1S/C14H23N3O2S/c1-3-8-15-13-6-5-9-16-14(13)20(18,19)17-10-7-12(4-2)11-17/h5-6,9,12,15H,3-4,7-8,10-11H2,1-2H3. The van der Waals surface area contributed by atoms with E-state index >= 15 is 0 Å². The Morgan fingerprint density at radius 3 is 2.90 bits per heavy atom. The molecule has 0 aliphatic carbocycles. The third-order valence-electron chi connectivity index (χ3n) is 3.75. The van der Waals surface area contributed by atoms with E-state index in [1.165, 1.54) is 6.20 Å². The summed E-state index contributed by atoms with van der Waals surface area (Å²) in [6, 6.07) is 3.54. The van der Waals surface area contributed by atoms with Gasteiger partial charge in [0.15, 0.2) is 5.03 Å². The summed E-state index contributed by atoms with van der Waals surface area (Å²) in [4.78, 5) is 4.11. The second kappa shape index (κ2) is 6.54. The quantitative estimate of drug-likeness (QED) is 0.875. The summed E-state index contributed by atoms with van der Waals surface area (Å²) in [5.41, 5.74) is 0.606. The van der Waals surface area contributed by atoms with Crippen LogP contribution in [-0.4, -0.2) is 37.3 Å². The fourth-order valence-electron chi connectivity index (χ4n) is 2.46. The van der Waals surface area contributed by atoms with E-state index in [0.717, 1.165) is 25.8 Å². The Bertz CT molecular complexity index is 545. The summed E-state index contributed by atoms with van der Waals surface area (Å²) in [5, 5.41) is 3.31. The van der Waals surface area contributed by atoms with E-state index in [2.05, 4.69) is 17.2 Å². The molecule has 0 radical (unpaired) electrons. The largest absolute Gasteiger partial charge is 0.383 e. The minimum Gasteiger partial charge on any atom is -0.383 e. The fourth-order valence-corrected chi connectivity index (χ4v) is 4.07. The summed E-state index contributed by atoms with van der Waals surface area (Å²) in [5.74, 6) is 0.473. The minimum absolute atomic E-state index is 0.158. The molecule has 1 saturated heterocycles. The van der Waals surface area contributed by atoms with Gasteiger partial charge in [-0.3, -0.25) is 0 Å². The highest BCUT2D eigenvalue weighted by molar-refractivity contribution is 7.89. The maximum atomic E-state index is 12.7. The van der Waals surface area contributed by atoms with E-state index in [9.17, 15) is 8.42 Å². The van der Waals surface area contributed by atoms with Crippen LogP contribution in [0, 0.1) is 5.92 Å². The van der Waals surface area contributed by atoms with Gasteiger partial charge in [-0.15, -0.1) is 0 Å². The Morgan fingerprint density at radius 1 is 1.45 bits per heavy atom. The molecule has 2 heterocycles. The molecule has 6 heteroatoms. The summed E-state index contributed by atoms with van der Waals surface area (Å²) >= 11 is 0. The topological polar surface area (TPSA) is 62.3 Å². The Morgan fingerprint density at radius 2 is 2.25 bits per heavy atom. The molecule has 1 aromatic rings. The molecule has 1 fully saturated rings. The molecule has 1 N–H and O–H groups in total. The first-order chi connectivity index (χ1) is 9.59. The van der Waals surface area contributed by atoms with E-state index in [4.69, 9.17) is 0 Å². The molecular formula is C14H23N3O2S. The number of nitrogens with one attached hydrogen (secondary N) is 1. The van der Waals surface area contributed by atoms with Gasteiger partial charge in [-0.2, -0.15) is 4.31 Å². The van der Waals surface area contributed by atoms with Gasteiger partial charge in [0.1, 0.15) is 0 Å². The fraction of sp³-hybridized carbons (Fsp3) is 0.643. The lowest BCUT2D eigenvalue weighted by Crippen LogP contribution is -2.30. The SMILES string of the molecule is CCCNc1cccnc1S(=O)(=O)N1CCC(CC)C1. The van der Waals surface area contributed by atoms with Crippen LogP contribution < -0.4 is 5.32 Å². The molecule has 112 valence electrons. The lowest BCUT2D eigenvalue weighted by atomic mass is 10.1. The van der Waals surface area contributed by atoms with Gasteiger partial charge in [-0.05, 0) is 30.9 Å². The van der Waals surface area contributed by atoms with Crippen LogP contribution in [0.3, 0.4) is 0 Å². The zero-order valence-corrected chi connectivity index (χ0v) is 13.0. The number of hydrogen-bond acceptors (Lipinski definition) is 4. The molecule has 0 saturated carbocycles. The molecule has 1 unspecified atom stereocenters. The summed E-state index contributed by atoms with van der Waals surface area (Å²) in [6.45, 7) is 6.11. The molecule has 0 amide bonds. The number of hydrogen-bond donors (Lipinski definition) is 1. The van der Waals surface area contributed by atoms with E-state index in [1.807, 2.05) is 6.92 Å². The van der Waals surface area contributed by atoms with Crippen LogP contribution in [-0.2, 0) is 10.0 Å². The first kappa shape index (κ1) is 15.3. The molecule has 5 nitrogen and oxygen atoms in total. The number of pyridine rings is 1. The predicted octanol–water partition coefficient (Wildman–Crippen LogP) is 2.32. The Hall–Kier alpha value is -1.14. The van der Waals surface area contributed by atoms with Crippen molar-refractivity contribution in [1.82, 2.24) is 9.29 Å². The van der Waals surface area contributed by atoms with Gasteiger partial charge in [-0.25, -0.2) is 13.4 Å². The van der Waals surface area contributed by atoms with Crippen LogP contribution in [0.15, 0.2) is 23.4 Å². The van der Waals surface area contributed by atoms with Gasteiger partial charge in [0.05, 0.1) is 5.69 Å². The normalized spacial score (nSPS) is 20.2. The maximum Gasteiger partial charge on any atom is 0.262 e. The lowest BCUT2D eigenvalue weighted by molar-refractivity contribution is 0.451. The first-order valence-corrected chi connectivity index (χ1v) is 8.72. The number of aromatic nitrogens is 1. The van der Waals surface area contributed by atoms with Crippen LogP contribution in [0.25, 0.3) is 0 Å². The number of sulfonamides is 1. The molecule has 0 spiro atoms. The molecule has 1 aliphatic rings. The van der Waals surface area contributed by atoms with Crippen molar-refractivity contribution in [3.63, 3.8) is 0 Å². The van der Waals surface area contributed by atoms with Crippen molar-refractivity contribution >= 4 is 15.7 Å². The Labute approximate surface area is 121 Å². The van der Waals surface area contributed by atoms with Gasteiger partial charge in [0.25, 0.3) is 10.0 Å². The summed E-state index contributed by atoms with van der Waals surface area (Å²) < 4.78 is 27.0. The van der Waals surface area contributed by atoms with Crippen molar-refractivity contribution in [2.45, 2.75) is 38.1 Å². The van der Waals surface area contributed by atoms with Crippen molar-refractivity contribution in [3.05, 3.63) is 18.3 Å². The second-order valence-corrected chi connectivity index (χ2v) is 7.06. The highest BCUT2D eigenvalue weighted by Crippen LogP contribution is 2.28. The van der Waals surface area contributed by atoms with E-state index < -0.39 is 10.0 Å². The van der Waals surface area contributed by atoms with Gasteiger partial charge in [-0.1, -0.05) is 20.3 Å². The van der Waals surface area contributed by atoms with Crippen LogP contribution in [0.5, 0.6) is 0 Å². The summed E-state index contributed by atoms with van der Waals surface area (Å²) in [6.07, 6.45) is 4.45. The zero-order valence-electron chi connectivity index (χ0n) is 12.2. The van der Waals surface area contributed by atoms with E-state index in [0.29, 0.717) is 24.7 Å². The van der Waals surface area contributed by atoms with Crippen molar-refractivity contribution in [2.75, 3.05) is 25.0 Å². The Kier molecular flexibility index (Phi) is 4.99. The van der Waals surface area contributed by atoms with Crippen LogP contribution in [0.1, 0.15) is 33.1 Å². The molecule has 1 aromatic heterocycles. The maximum absolute atomic E-state index is 12.7. The molecule has 1 aliphatic heterocycles. The number of anilines is 1. The van der Waals surface area contributed by atoms with Crippen LogP contribution in [0.2, 0.25) is 0 Å². The monoisotopic (exact) mass is 297 g/mol. The summed E-state index contributed by atoms with van der Waals surface area (Å²) in [7, 11) is -3.48. The molecule has 0 bridgehead atoms. The van der Waals surface area contributed by atoms with Crippen LogP contribution in [0.4, 0.5) is 5.69 Å². The molecule has 1 atom stereocenters. The first-order valence-electron chi connectivity index (χ1n) is 7.28. The predicted molar refractivity (Wildman–Crippen MR) is 80.2 cm³/mol. The average molecular weight is 297 g/mol. The number of nitrogens with zero attached hydrogens (tertiary/aromatic N) is 2. The van der Waals surface area contributed by atoms with Crippen molar-refractivity contribution in [2.24, 2.45) is 5.92 Å². The molecule has 20 heavy (non-hydrogen) atoms. The van der Waals surface area contributed by atoms with Crippen molar-refractivity contribution in [1.29, 1.82) is 0 Å². The third kappa shape index (κ3) is 3.12. The zero-order chi connectivity index (χ0) is 14.6. The smallest absolute Gasteiger partial charge is 0.262 e. The second-order valence-electron chi connectivity index (χ2n) is 5.21. The van der Waals surface area contributed by atoms with E-state index in [1.54, 1.807) is 16.4 Å². The molecular weight excluding hydrogens is 274 g/mol. The van der Waals surface area contributed by atoms with Crippen LogP contribution >= 0.6 is 0 Å². The molecule has 2 rings (SSSR count). The van der Waals surface area contributed by atoms with E-state index in [-0.39, 0.29) is 5.03 Å². The van der Waals surface area contributed by atoms with Gasteiger partial charge >= 0.3 is 0 Å². The lowest BCUT2D eigenvalue weighted by Gasteiger charge is -2.18. The van der Waals surface area contributed by atoms with Crippen molar-refractivity contribution < 1.29 is 8.42 Å². The van der Waals surface area contributed by atoms with Crippen molar-refractivity contribution in [3.8, 4) is 0 Å². The van der Waals surface area contributed by atoms with Gasteiger partial charge in [0.2, 0.25) is 0 Å².